The van der Waals surface area contributed by atoms with E-state index in [2.05, 4.69) is 10.4 Å². The van der Waals surface area contributed by atoms with Gasteiger partial charge >= 0.3 is 6.18 Å². The molecule has 0 spiro atoms. The predicted octanol–water partition coefficient (Wildman–Crippen LogP) is 1.08. The number of rotatable bonds is 3. The van der Waals surface area contributed by atoms with Gasteiger partial charge in [-0.15, -0.1) is 0 Å². The molecule has 1 N–H and O–H groups in total. The van der Waals surface area contributed by atoms with E-state index >= 15 is 0 Å². The van der Waals surface area contributed by atoms with Crippen molar-refractivity contribution in [1.82, 2.24) is 14.7 Å². The van der Waals surface area contributed by atoms with Crippen molar-refractivity contribution in [2.75, 3.05) is 18.4 Å². The maximum Gasteiger partial charge on any atom is 0.406 e. The molecule has 9 heteroatoms. The number of anilines is 1. The van der Waals surface area contributed by atoms with Gasteiger partial charge in [0.05, 0.1) is 11.6 Å². The van der Waals surface area contributed by atoms with E-state index in [1.807, 2.05) is 0 Å². The van der Waals surface area contributed by atoms with Crippen molar-refractivity contribution in [1.29, 1.82) is 0 Å². The van der Waals surface area contributed by atoms with Crippen molar-refractivity contribution in [2.45, 2.75) is 19.5 Å². The van der Waals surface area contributed by atoms with E-state index in [1.165, 1.54) is 4.68 Å². The SMILES string of the molecule is Cc1cc(NC(=O)[C@H]2CC(=O)N(CC(F)(F)F)C2)n(C)n1. The Morgan fingerprint density at radius 3 is 2.71 bits per heavy atom. The first-order valence-electron chi connectivity index (χ1n) is 6.32. The molecule has 2 amide bonds. The van der Waals surface area contributed by atoms with E-state index < -0.39 is 30.5 Å². The van der Waals surface area contributed by atoms with E-state index in [0.717, 1.165) is 0 Å². The van der Waals surface area contributed by atoms with E-state index in [-0.39, 0.29) is 13.0 Å². The van der Waals surface area contributed by atoms with Crippen LogP contribution >= 0.6 is 0 Å². The summed E-state index contributed by atoms with van der Waals surface area (Å²) in [5.74, 6) is -1.47. The van der Waals surface area contributed by atoms with Crippen molar-refractivity contribution in [2.24, 2.45) is 13.0 Å². The van der Waals surface area contributed by atoms with Gasteiger partial charge in [-0.2, -0.15) is 18.3 Å². The molecule has 1 saturated heterocycles. The molecule has 116 valence electrons. The maximum absolute atomic E-state index is 12.3. The highest BCUT2D eigenvalue weighted by molar-refractivity contribution is 5.96. The molecule has 0 bridgehead atoms. The van der Waals surface area contributed by atoms with Gasteiger partial charge in [-0.1, -0.05) is 0 Å². The van der Waals surface area contributed by atoms with Crippen LogP contribution in [0.1, 0.15) is 12.1 Å². The van der Waals surface area contributed by atoms with Gasteiger partial charge in [-0.05, 0) is 6.92 Å². The van der Waals surface area contributed by atoms with Crippen LogP contribution in [0.2, 0.25) is 0 Å². The second-order valence-corrected chi connectivity index (χ2v) is 5.07. The molecule has 0 aromatic carbocycles. The van der Waals surface area contributed by atoms with Crippen molar-refractivity contribution in [3.63, 3.8) is 0 Å². The second kappa shape index (κ2) is 5.38. The van der Waals surface area contributed by atoms with Crippen LogP contribution in [0.4, 0.5) is 19.0 Å². The predicted molar refractivity (Wildman–Crippen MR) is 67.3 cm³/mol. The molecule has 1 fully saturated rings. The molecular formula is C12H15F3N4O2. The minimum atomic E-state index is -4.46. The number of hydrogen-bond acceptors (Lipinski definition) is 3. The number of aromatic nitrogens is 2. The highest BCUT2D eigenvalue weighted by Crippen LogP contribution is 2.24. The van der Waals surface area contributed by atoms with Crippen molar-refractivity contribution >= 4 is 17.6 Å². The van der Waals surface area contributed by atoms with Gasteiger partial charge in [0.1, 0.15) is 12.4 Å². The Kier molecular flexibility index (Phi) is 3.93. The van der Waals surface area contributed by atoms with Crippen LogP contribution in [0.3, 0.4) is 0 Å². The van der Waals surface area contributed by atoms with E-state index in [4.69, 9.17) is 0 Å². The van der Waals surface area contributed by atoms with Gasteiger partial charge < -0.3 is 10.2 Å². The summed E-state index contributed by atoms with van der Waals surface area (Å²) in [6.45, 7) is 0.210. The van der Waals surface area contributed by atoms with Crippen molar-refractivity contribution in [3.8, 4) is 0 Å². The van der Waals surface area contributed by atoms with Gasteiger partial charge in [0.2, 0.25) is 11.8 Å². The summed E-state index contributed by atoms with van der Waals surface area (Å²) >= 11 is 0. The average molecular weight is 304 g/mol. The van der Waals surface area contributed by atoms with Crippen LogP contribution in [-0.2, 0) is 16.6 Å². The largest absolute Gasteiger partial charge is 0.406 e. The molecule has 1 aliphatic rings. The molecule has 1 aromatic heterocycles. The molecular weight excluding hydrogens is 289 g/mol. The molecule has 1 atom stereocenters. The lowest BCUT2D eigenvalue weighted by atomic mass is 10.1. The summed E-state index contributed by atoms with van der Waals surface area (Å²) in [5.41, 5.74) is 0.703. The summed E-state index contributed by atoms with van der Waals surface area (Å²) in [6, 6.07) is 1.64. The van der Waals surface area contributed by atoms with E-state index in [0.29, 0.717) is 16.4 Å². The summed E-state index contributed by atoms with van der Waals surface area (Å²) in [4.78, 5) is 24.2. The quantitative estimate of drug-likeness (QED) is 0.908. The third-order valence-electron chi connectivity index (χ3n) is 3.21. The number of aryl methyl sites for hydroxylation is 2. The fourth-order valence-electron chi connectivity index (χ4n) is 2.27. The monoisotopic (exact) mass is 304 g/mol. The highest BCUT2D eigenvalue weighted by atomic mass is 19.4. The summed E-state index contributed by atoms with van der Waals surface area (Å²) < 4.78 is 38.4. The first kappa shape index (κ1) is 15.3. The van der Waals surface area contributed by atoms with Crippen molar-refractivity contribution < 1.29 is 22.8 Å². The van der Waals surface area contributed by atoms with Gasteiger partial charge in [0.25, 0.3) is 0 Å². The molecule has 0 aliphatic carbocycles. The third-order valence-corrected chi connectivity index (χ3v) is 3.21. The first-order valence-corrected chi connectivity index (χ1v) is 6.32. The number of nitrogens with one attached hydrogen (secondary N) is 1. The van der Waals surface area contributed by atoms with E-state index in [1.54, 1.807) is 20.0 Å². The lowest BCUT2D eigenvalue weighted by molar-refractivity contribution is -0.157. The highest BCUT2D eigenvalue weighted by Gasteiger charge is 2.40. The van der Waals surface area contributed by atoms with Crippen molar-refractivity contribution in [3.05, 3.63) is 11.8 Å². The standard InChI is InChI=1S/C12H15F3N4O2/c1-7-3-9(18(2)17-7)16-11(21)8-4-10(20)19(5-8)6-12(13,14)15/h3,8H,4-6H2,1-2H3,(H,16,21)/t8-/m0/s1. The molecule has 0 unspecified atom stereocenters. The van der Waals surface area contributed by atoms with Gasteiger partial charge in [-0.25, -0.2) is 0 Å². The number of likely N-dealkylation sites (tertiary alicyclic amines) is 1. The minimum absolute atomic E-state index is 0.210. The number of hydrogen-bond donors (Lipinski definition) is 1. The Balaban J connectivity index is 1.98. The zero-order valence-corrected chi connectivity index (χ0v) is 11.6. The minimum Gasteiger partial charge on any atom is -0.333 e. The van der Waals surface area contributed by atoms with Crippen LogP contribution in [0, 0.1) is 12.8 Å². The second-order valence-electron chi connectivity index (χ2n) is 5.07. The van der Waals surface area contributed by atoms with Crippen LogP contribution in [-0.4, -0.2) is 45.8 Å². The van der Waals surface area contributed by atoms with Crippen LogP contribution in [0.25, 0.3) is 0 Å². The number of carbonyl (C=O) groups is 2. The Morgan fingerprint density at radius 1 is 1.52 bits per heavy atom. The Morgan fingerprint density at radius 2 is 2.19 bits per heavy atom. The Bertz CT molecular complexity index is 567. The number of halogens is 3. The van der Waals surface area contributed by atoms with Gasteiger partial charge in [-0.3, -0.25) is 14.3 Å². The summed E-state index contributed by atoms with van der Waals surface area (Å²) in [7, 11) is 1.64. The average Bonchev–Trinajstić information content (AvgIpc) is 2.81. The zero-order valence-electron chi connectivity index (χ0n) is 11.6. The molecule has 1 aromatic rings. The fraction of sp³-hybridized carbons (Fsp3) is 0.583. The lowest BCUT2D eigenvalue weighted by Gasteiger charge is -2.18. The number of carbonyl (C=O) groups excluding carboxylic acids is 2. The molecule has 0 saturated carbocycles. The topological polar surface area (TPSA) is 67.2 Å². The molecule has 0 radical (unpaired) electrons. The summed E-state index contributed by atoms with van der Waals surface area (Å²) in [5, 5.41) is 6.62. The molecule has 2 heterocycles. The van der Waals surface area contributed by atoms with Crippen LogP contribution in [0.5, 0.6) is 0 Å². The smallest absolute Gasteiger partial charge is 0.333 e. The van der Waals surface area contributed by atoms with E-state index in [9.17, 15) is 22.8 Å². The fourth-order valence-corrected chi connectivity index (χ4v) is 2.27. The van der Waals surface area contributed by atoms with Gasteiger partial charge in [0, 0.05) is 26.1 Å². The molecule has 21 heavy (non-hydrogen) atoms. The van der Waals surface area contributed by atoms with Crippen LogP contribution in [0.15, 0.2) is 6.07 Å². The number of amides is 2. The zero-order chi connectivity index (χ0) is 15.8. The lowest BCUT2D eigenvalue weighted by Crippen LogP contribution is -2.36. The normalized spacial score (nSPS) is 19.2. The first-order chi connectivity index (χ1) is 9.65. The third kappa shape index (κ3) is 3.73. The number of alkyl halides is 3. The Labute approximate surface area is 118 Å². The van der Waals surface area contributed by atoms with Crippen LogP contribution < -0.4 is 5.32 Å². The molecule has 6 nitrogen and oxygen atoms in total. The summed E-state index contributed by atoms with van der Waals surface area (Å²) in [6.07, 6.45) is -4.67. The molecule has 2 rings (SSSR count). The van der Waals surface area contributed by atoms with Gasteiger partial charge in [0.15, 0.2) is 0 Å². The maximum atomic E-state index is 12.3. The Hall–Kier alpha value is -2.06. The molecule has 1 aliphatic heterocycles. The number of nitrogens with zero attached hydrogens (tertiary/aromatic N) is 3.